The molecule has 0 saturated carbocycles. The molecule has 0 aromatic carbocycles. The molecular formula is C19H35N6O4P. The SMILES string of the molecule is CCCCCCCCCCNP(=O)(O)COC(C)Cn1cnc2c(=O)[nH]c(N)nc21. The molecule has 0 aliphatic rings. The van der Waals surface area contributed by atoms with E-state index in [-0.39, 0.29) is 23.9 Å². The molecule has 2 aromatic heterocycles. The van der Waals surface area contributed by atoms with E-state index in [1.807, 2.05) is 0 Å². The minimum absolute atomic E-state index is 0.00726. The molecule has 2 unspecified atom stereocenters. The van der Waals surface area contributed by atoms with Crippen molar-refractivity contribution in [3.63, 3.8) is 0 Å². The van der Waals surface area contributed by atoms with E-state index in [1.165, 1.54) is 38.4 Å². The minimum atomic E-state index is -3.56. The summed E-state index contributed by atoms with van der Waals surface area (Å²) < 4.78 is 19.4. The van der Waals surface area contributed by atoms with Gasteiger partial charge < -0.3 is 19.9 Å². The lowest BCUT2D eigenvalue weighted by Crippen LogP contribution is -2.21. The Morgan fingerprint density at radius 3 is 2.63 bits per heavy atom. The molecule has 2 atom stereocenters. The first-order valence-corrected chi connectivity index (χ1v) is 12.6. The maximum absolute atomic E-state index is 12.3. The molecule has 0 saturated heterocycles. The molecule has 5 N–H and O–H groups in total. The number of nitrogens with one attached hydrogen (secondary N) is 2. The van der Waals surface area contributed by atoms with Crippen molar-refractivity contribution in [1.82, 2.24) is 24.6 Å². The third-order valence-electron chi connectivity index (χ3n) is 4.87. The fraction of sp³-hybridized carbons (Fsp3) is 0.737. The van der Waals surface area contributed by atoms with E-state index >= 15 is 0 Å². The third kappa shape index (κ3) is 8.18. The monoisotopic (exact) mass is 442 g/mol. The Morgan fingerprint density at radius 1 is 1.27 bits per heavy atom. The summed E-state index contributed by atoms with van der Waals surface area (Å²) in [5.74, 6) is 0.00726. The van der Waals surface area contributed by atoms with Gasteiger partial charge in [0.15, 0.2) is 11.2 Å². The highest BCUT2D eigenvalue weighted by Gasteiger charge is 2.20. The smallest absolute Gasteiger partial charge is 0.292 e. The van der Waals surface area contributed by atoms with Gasteiger partial charge in [-0.1, -0.05) is 51.9 Å². The number of nitrogens with zero attached hydrogens (tertiary/aromatic N) is 3. The van der Waals surface area contributed by atoms with Crippen molar-refractivity contribution in [3.05, 3.63) is 16.7 Å². The Bertz CT molecular complexity index is 884. The van der Waals surface area contributed by atoms with Gasteiger partial charge in [0.1, 0.15) is 6.35 Å². The number of anilines is 1. The molecular weight excluding hydrogens is 407 g/mol. The first-order chi connectivity index (χ1) is 14.3. The van der Waals surface area contributed by atoms with Crippen molar-refractivity contribution < 1.29 is 14.2 Å². The number of hydrogen-bond donors (Lipinski definition) is 4. The number of rotatable bonds is 15. The topological polar surface area (TPSA) is 148 Å². The fourth-order valence-corrected chi connectivity index (χ4v) is 4.28. The van der Waals surface area contributed by atoms with Gasteiger partial charge in [0.05, 0.1) is 19.0 Å². The van der Waals surface area contributed by atoms with Crippen LogP contribution < -0.4 is 16.4 Å². The third-order valence-corrected chi connectivity index (χ3v) is 6.09. The Labute approximate surface area is 177 Å². The highest BCUT2D eigenvalue weighted by molar-refractivity contribution is 7.55. The second kappa shape index (κ2) is 12.2. The maximum atomic E-state index is 12.3. The molecule has 0 fully saturated rings. The highest BCUT2D eigenvalue weighted by Crippen LogP contribution is 2.35. The Morgan fingerprint density at radius 2 is 1.93 bits per heavy atom. The van der Waals surface area contributed by atoms with Gasteiger partial charge in [-0.3, -0.25) is 14.3 Å². The molecule has 170 valence electrons. The van der Waals surface area contributed by atoms with Gasteiger partial charge in [0, 0.05) is 6.54 Å². The van der Waals surface area contributed by atoms with E-state index in [4.69, 9.17) is 10.5 Å². The zero-order valence-corrected chi connectivity index (χ0v) is 18.9. The summed E-state index contributed by atoms with van der Waals surface area (Å²) in [6.45, 7) is 4.81. The lowest BCUT2D eigenvalue weighted by atomic mass is 10.1. The second-order valence-corrected chi connectivity index (χ2v) is 9.69. The van der Waals surface area contributed by atoms with Crippen LogP contribution in [0, 0.1) is 0 Å². The van der Waals surface area contributed by atoms with E-state index in [9.17, 15) is 14.3 Å². The second-order valence-electron chi connectivity index (χ2n) is 7.71. The summed E-state index contributed by atoms with van der Waals surface area (Å²) in [5.41, 5.74) is 5.72. The van der Waals surface area contributed by atoms with E-state index in [0.29, 0.717) is 18.7 Å². The number of aromatic nitrogens is 4. The van der Waals surface area contributed by atoms with Crippen LogP contribution in [0.25, 0.3) is 11.2 Å². The van der Waals surface area contributed by atoms with Crippen LogP contribution in [0.4, 0.5) is 5.95 Å². The maximum Gasteiger partial charge on any atom is 0.292 e. The summed E-state index contributed by atoms with van der Waals surface area (Å²) in [6, 6.07) is 0. The van der Waals surface area contributed by atoms with Crippen LogP contribution in [0.1, 0.15) is 65.2 Å². The number of unbranched alkanes of at least 4 members (excludes halogenated alkanes) is 7. The number of H-pyrrole nitrogens is 1. The molecule has 0 aliphatic heterocycles. The van der Waals surface area contributed by atoms with Crippen LogP contribution in [0.15, 0.2) is 11.1 Å². The predicted octanol–water partition coefficient (Wildman–Crippen LogP) is 2.98. The molecule has 2 aromatic rings. The molecule has 30 heavy (non-hydrogen) atoms. The van der Waals surface area contributed by atoms with Crippen LogP contribution >= 0.6 is 7.52 Å². The average molecular weight is 443 g/mol. The Hall–Kier alpha value is -1.74. The number of nitrogen functional groups attached to an aromatic ring is 1. The molecule has 10 nitrogen and oxygen atoms in total. The lowest BCUT2D eigenvalue weighted by molar-refractivity contribution is 0.0816. The molecule has 0 amide bonds. The predicted molar refractivity (Wildman–Crippen MR) is 118 cm³/mol. The van der Waals surface area contributed by atoms with Crippen LogP contribution in [0.2, 0.25) is 0 Å². The summed E-state index contributed by atoms with van der Waals surface area (Å²) in [6.07, 6.45) is 10.2. The molecule has 2 rings (SSSR count). The molecule has 11 heteroatoms. The van der Waals surface area contributed by atoms with Gasteiger partial charge in [0.2, 0.25) is 5.95 Å². The van der Waals surface area contributed by atoms with Crippen molar-refractivity contribution in [1.29, 1.82) is 0 Å². The zero-order valence-electron chi connectivity index (χ0n) is 18.0. The van der Waals surface area contributed by atoms with E-state index < -0.39 is 13.1 Å². The van der Waals surface area contributed by atoms with Gasteiger partial charge in [-0.2, -0.15) is 4.98 Å². The zero-order chi connectivity index (χ0) is 22.0. The van der Waals surface area contributed by atoms with Gasteiger partial charge >= 0.3 is 0 Å². The van der Waals surface area contributed by atoms with Crippen LogP contribution in [-0.2, 0) is 15.8 Å². The standard InChI is InChI=1S/C19H35N6O4P/c1-3-4-5-6-7-8-9-10-11-22-30(27,28)14-29-15(2)12-25-13-21-16-17(25)23-19(20)24-18(16)26/h13,15H,3-12,14H2,1-2H3,(H2,22,27,28)(H3,20,23,24,26). The number of aromatic amines is 1. The summed E-state index contributed by atoms with van der Waals surface area (Å²) >= 11 is 0. The lowest BCUT2D eigenvalue weighted by Gasteiger charge is -2.18. The molecule has 0 radical (unpaired) electrons. The van der Waals surface area contributed by atoms with Gasteiger partial charge in [0.25, 0.3) is 13.1 Å². The summed E-state index contributed by atoms with van der Waals surface area (Å²) in [7, 11) is -3.56. The van der Waals surface area contributed by atoms with Crippen molar-refractivity contribution in [2.75, 3.05) is 18.6 Å². The van der Waals surface area contributed by atoms with Crippen molar-refractivity contribution in [3.8, 4) is 0 Å². The number of nitrogens with two attached hydrogens (primary N) is 1. The van der Waals surface area contributed by atoms with Crippen molar-refractivity contribution in [2.24, 2.45) is 0 Å². The minimum Gasteiger partial charge on any atom is -0.369 e. The summed E-state index contributed by atoms with van der Waals surface area (Å²) in [4.78, 5) is 32.4. The Balaban J connectivity index is 1.68. The quantitative estimate of drug-likeness (QED) is 0.243. The van der Waals surface area contributed by atoms with Crippen molar-refractivity contribution in [2.45, 2.75) is 77.9 Å². The van der Waals surface area contributed by atoms with Crippen LogP contribution in [-0.4, -0.2) is 43.4 Å². The molecule has 0 spiro atoms. The Kier molecular flexibility index (Phi) is 9.97. The molecule has 0 bridgehead atoms. The van der Waals surface area contributed by atoms with Crippen LogP contribution in [0.3, 0.4) is 0 Å². The first-order valence-electron chi connectivity index (χ1n) is 10.7. The van der Waals surface area contributed by atoms with E-state index in [2.05, 4.69) is 27.0 Å². The largest absolute Gasteiger partial charge is 0.369 e. The molecule has 0 aliphatic carbocycles. The average Bonchev–Trinajstić information content (AvgIpc) is 3.08. The number of imidazole rings is 1. The van der Waals surface area contributed by atoms with E-state index in [0.717, 1.165) is 19.3 Å². The number of fused-ring (bicyclic) bond motifs is 1. The number of hydrogen-bond acceptors (Lipinski definition) is 6. The summed E-state index contributed by atoms with van der Waals surface area (Å²) in [5, 5.41) is 2.72. The number of ether oxygens (including phenoxy) is 1. The van der Waals surface area contributed by atoms with Gasteiger partial charge in [-0.05, 0) is 13.3 Å². The molecule has 2 heterocycles. The highest BCUT2D eigenvalue weighted by atomic mass is 31.2. The first kappa shape index (κ1) is 24.5. The van der Waals surface area contributed by atoms with Crippen LogP contribution in [0.5, 0.6) is 0 Å². The van der Waals surface area contributed by atoms with E-state index in [1.54, 1.807) is 11.5 Å². The fourth-order valence-electron chi connectivity index (χ4n) is 3.22. The van der Waals surface area contributed by atoms with Gasteiger partial charge in [-0.25, -0.2) is 10.1 Å². The van der Waals surface area contributed by atoms with Gasteiger partial charge in [-0.15, -0.1) is 0 Å². The van der Waals surface area contributed by atoms with Crippen molar-refractivity contribution >= 4 is 24.6 Å². The normalized spacial score (nSPS) is 14.8.